The van der Waals surface area contributed by atoms with Crippen molar-refractivity contribution in [3.63, 3.8) is 0 Å². The first-order valence-corrected chi connectivity index (χ1v) is 23.5. The van der Waals surface area contributed by atoms with Crippen molar-refractivity contribution >= 4 is 59.2 Å². The van der Waals surface area contributed by atoms with Crippen LogP contribution in [-0.4, -0.2) is 99.7 Å². The molecule has 18 heteroatoms. The number of benzene rings is 4. The van der Waals surface area contributed by atoms with E-state index in [4.69, 9.17) is 37.9 Å². The van der Waals surface area contributed by atoms with Crippen LogP contribution in [0.5, 0.6) is 11.5 Å². The zero-order chi connectivity index (χ0) is 53.0. The predicted octanol–water partition coefficient (Wildman–Crippen LogP) is 7.88. The van der Waals surface area contributed by atoms with E-state index < -0.39 is 48.3 Å². The first-order chi connectivity index (χ1) is 35.7. The van der Waals surface area contributed by atoms with Crippen molar-refractivity contribution in [1.29, 1.82) is 10.5 Å². The number of nitriles is 2. The van der Waals surface area contributed by atoms with Gasteiger partial charge in [0.05, 0.1) is 39.6 Å². The molecule has 74 heavy (non-hydrogen) atoms. The third-order valence-corrected chi connectivity index (χ3v) is 11.1. The van der Waals surface area contributed by atoms with Gasteiger partial charge in [-0.3, -0.25) is 9.59 Å². The zero-order valence-electron chi connectivity index (χ0n) is 40.8. The highest BCUT2D eigenvalue weighted by Crippen LogP contribution is 2.32. The van der Waals surface area contributed by atoms with E-state index in [1.54, 1.807) is 111 Å². The second-order valence-corrected chi connectivity index (χ2v) is 17.0. The van der Waals surface area contributed by atoms with Gasteiger partial charge in [0.1, 0.15) is 47.0 Å². The summed E-state index contributed by atoms with van der Waals surface area (Å²) in [5.41, 5.74) is 2.77. The van der Waals surface area contributed by atoms with Gasteiger partial charge in [0, 0.05) is 33.6 Å². The predicted molar refractivity (Wildman–Crippen MR) is 269 cm³/mol. The topological polar surface area (TPSA) is 248 Å². The Morgan fingerprint density at radius 2 is 0.892 bits per heavy atom. The van der Waals surface area contributed by atoms with E-state index in [0.29, 0.717) is 95.2 Å². The molecule has 0 aromatic heterocycles. The summed E-state index contributed by atoms with van der Waals surface area (Å²) >= 11 is 0. The van der Waals surface area contributed by atoms with Gasteiger partial charge in [0.25, 0.3) is 11.8 Å². The van der Waals surface area contributed by atoms with Gasteiger partial charge in [0.2, 0.25) is 0 Å². The maximum Gasteiger partial charge on any atom is 0.349 e. The van der Waals surface area contributed by atoms with Crippen LogP contribution >= 0.6 is 0 Å². The molecule has 0 unspecified atom stereocenters. The van der Waals surface area contributed by atoms with Crippen LogP contribution in [0.25, 0.3) is 12.2 Å². The third kappa shape index (κ3) is 16.1. The molecule has 2 saturated heterocycles. The molecule has 2 fully saturated rings. The van der Waals surface area contributed by atoms with Gasteiger partial charge in [-0.1, -0.05) is 37.4 Å². The Bertz CT molecular complexity index is 2650. The lowest BCUT2D eigenvalue weighted by molar-refractivity contribution is -0.150. The Kier molecular flexibility index (Phi) is 20.0. The highest BCUT2D eigenvalue weighted by molar-refractivity contribution is 6.05. The number of esters is 4. The van der Waals surface area contributed by atoms with Crippen LogP contribution in [0.15, 0.2) is 133 Å². The van der Waals surface area contributed by atoms with E-state index in [1.807, 2.05) is 12.1 Å². The summed E-state index contributed by atoms with van der Waals surface area (Å²) in [4.78, 5) is 75.1. The van der Waals surface area contributed by atoms with Crippen LogP contribution in [0.2, 0.25) is 0 Å². The number of carbonyl (C=O) groups is 6. The minimum absolute atomic E-state index is 0.100. The average Bonchev–Trinajstić information content (AvgIpc) is 4.00. The Balaban J connectivity index is 0.915. The van der Waals surface area contributed by atoms with E-state index >= 15 is 0 Å². The molecule has 0 radical (unpaired) electrons. The highest BCUT2D eigenvalue weighted by atomic mass is 16.7. The monoisotopic (exact) mass is 1010 g/mol. The lowest BCUT2D eigenvalue weighted by atomic mass is 10.1. The summed E-state index contributed by atoms with van der Waals surface area (Å²) < 4.78 is 44.4. The molecule has 2 aliphatic rings. The Labute approximate surface area is 427 Å². The van der Waals surface area contributed by atoms with Crippen LogP contribution < -0.4 is 20.1 Å². The van der Waals surface area contributed by atoms with Gasteiger partial charge >= 0.3 is 23.9 Å². The Hall–Kier alpha value is -8.84. The van der Waals surface area contributed by atoms with Crippen molar-refractivity contribution in [1.82, 2.24) is 0 Å². The molecule has 2 aliphatic heterocycles. The summed E-state index contributed by atoms with van der Waals surface area (Å²) in [6.45, 7) is 11.4. The quantitative estimate of drug-likeness (QED) is 0.0223. The summed E-state index contributed by atoms with van der Waals surface area (Å²) in [5.74, 6) is -2.27. The number of nitrogens with zero attached hydrogens (tertiary/aromatic N) is 2. The van der Waals surface area contributed by atoms with E-state index in [0.717, 1.165) is 0 Å². The molecule has 2 heterocycles. The highest BCUT2D eigenvalue weighted by Gasteiger charge is 2.51. The molecular weight excluding hydrogens is 953 g/mol. The summed E-state index contributed by atoms with van der Waals surface area (Å²) in [6.07, 6.45) is 1.79. The van der Waals surface area contributed by atoms with Crippen molar-refractivity contribution in [2.24, 2.45) is 0 Å². The fourth-order valence-electron chi connectivity index (χ4n) is 7.14. The number of carbonyl (C=O) groups excluding carboxylic acids is 6. The number of unbranched alkanes of at least 4 members (excludes halogenated alkanes) is 2. The Morgan fingerprint density at radius 1 is 0.541 bits per heavy atom. The molecule has 4 aromatic rings. The first-order valence-electron chi connectivity index (χ1n) is 23.5. The lowest BCUT2D eigenvalue weighted by Gasteiger charge is -2.17. The number of rotatable bonds is 24. The number of amides is 2. The third-order valence-electron chi connectivity index (χ3n) is 11.1. The van der Waals surface area contributed by atoms with Crippen molar-refractivity contribution in [2.75, 3.05) is 50.3 Å². The second-order valence-electron chi connectivity index (χ2n) is 17.0. The molecule has 0 spiro atoms. The normalized spacial score (nSPS) is 16.8. The van der Waals surface area contributed by atoms with Gasteiger partial charge in [-0.2, -0.15) is 10.5 Å². The second kappa shape index (κ2) is 27.1. The number of hydrogen-bond acceptors (Lipinski definition) is 16. The molecule has 2 amide bonds. The van der Waals surface area contributed by atoms with Crippen LogP contribution in [0.3, 0.4) is 0 Å². The zero-order valence-corrected chi connectivity index (χ0v) is 40.8. The molecule has 0 aliphatic carbocycles. The Morgan fingerprint density at radius 3 is 1.23 bits per heavy atom. The maximum atomic E-state index is 13.2. The van der Waals surface area contributed by atoms with E-state index in [2.05, 4.69) is 23.8 Å². The average molecular weight is 1010 g/mol. The van der Waals surface area contributed by atoms with E-state index in [9.17, 15) is 39.3 Å². The standard InChI is InChI=1S/C56H54N4O14/c1-35(2)53(63)69-27-7-5-25-67-45-21-13-39(14-22-45)51(61)59-43-17-9-37(10-18-43)29-41(31-57)55(65)73-47-33-71-50-48(34-72-49(47)50)74-56(66)42(32-58)30-38-11-19-44(20-12-38)60-52(62)40-15-23-46(24-16-40)68-26-6-8-28-70-54(64)36(3)4/h9-24,29-30,47-50H,1,3,5-8,25-28,33-34H2,2,4H3,(H,59,61)(H,60,62)/b41-29+,42-30+/t47-,48+,49-,50-/m1/s1. The smallest absolute Gasteiger partial charge is 0.349 e. The number of ether oxygens (including phenoxy) is 8. The molecular formula is C56H54N4O14. The summed E-state index contributed by atoms with van der Waals surface area (Å²) in [5, 5.41) is 25.3. The largest absolute Gasteiger partial charge is 0.494 e. The molecule has 6 rings (SSSR count). The molecule has 4 atom stereocenters. The maximum absolute atomic E-state index is 13.2. The fourth-order valence-corrected chi connectivity index (χ4v) is 7.14. The van der Waals surface area contributed by atoms with Crippen LogP contribution in [0, 0.1) is 22.7 Å². The summed E-state index contributed by atoms with van der Waals surface area (Å²) in [7, 11) is 0. The van der Waals surface area contributed by atoms with Crippen LogP contribution in [0.4, 0.5) is 11.4 Å². The molecule has 0 bridgehead atoms. The number of fused-ring (bicyclic) bond motifs is 1. The molecule has 18 nitrogen and oxygen atoms in total. The van der Waals surface area contributed by atoms with Crippen molar-refractivity contribution < 1.29 is 66.7 Å². The van der Waals surface area contributed by atoms with Crippen LogP contribution in [-0.2, 0) is 47.6 Å². The van der Waals surface area contributed by atoms with E-state index in [1.165, 1.54) is 12.2 Å². The fraction of sp³-hybridized carbons (Fsp3) is 0.286. The minimum atomic E-state index is -0.927. The molecule has 382 valence electrons. The van der Waals surface area contributed by atoms with Gasteiger partial charge in [-0.15, -0.1) is 0 Å². The minimum Gasteiger partial charge on any atom is -0.494 e. The van der Waals surface area contributed by atoms with Crippen molar-refractivity contribution in [2.45, 2.75) is 63.9 Å². The molecule has 4 aromatic carbocycles. The van der Waals surface area contributed by atoms with Gasteiger partial charge < -0.3 is 48.5 Å². The number of nitrogens with one attached hydrogen (secondary N) is 2. The van der Waals surface area contributed by atoms with Crippen molar-refractivity contribution in [3.8, 4) is 23.6 Å². The first kappa shape index (κ1) is 54.5. The van der Waals surface area contributed by atoms with Crippen molar-refractivity contribution in [3.05, 3.63) is 155 Å². The molecule has 2 N–H and O–H groups in total. The number of anilines is 2. The number of hydrogen-bond donors (Lipinski definition) is 2. The van der Waals surface area contributed by atoms with E-state index in [-0.39, 0.29) is 49.4 Å². The van der Waals surface area contributed by atoms with Gasteiger partial charge in [-0.25, -0.2) is 19.2 Å². The SMILES string of the molecule is C=C(C)C(=O)OCCCCOc1ccc(C(=O)Nc2ccc(/C=C(\C#N)C(=O)O[C@H]3CO[C@H]4[C@@H]3OC[C@H]4OC(=O)/C(C#N)=C/c3ccc(NC(=O)c4ccc(OCCCCOC(=O)C(=C)C)cc4)cc3)cc2)cc1. The van der Waals surface area contributed by atoms with Gasteiger partial charge in [-0.05, 0) is 136 Å². The lowest BCUT2D eigenvalue weighted by Crippen LogP contribution is -2.36. The van der Waals surface area contributed by atoms with Crippen LogP contribution in [0.1, 0.15) is 71.4 Å². The molecule has 0 saturated carbocycles. The van der Waals surface area contributed by atoms with Gasteiger partial charge in [0.15, 0.2) is 12.2 Å². The summed E-state index contributed by atoms with van der Waals surface area (Å²) in [6, 6.07) is 29.9.